The van der Waals surface area contributed by atoms with Crippen molar-refractivity contribution in [3.05, 3.63) is 74.6 Å². The number of amides is 2. The average Bonchev–Trinajstić information content (AvgIpc) is 3.28. The highest BCUT2D eigenvalue weighted by atomic mass is 35.5. The number of benzene rings is 2. The highest BCUT2D eigenvalue weighted by Gasteiger charge is 2.23. The van der Waals surface area contributed by atoms with E-state index in [1.54, 1.807) is 46.7 Å². The van der Waals surface area contributed by atoms with Gasteiger partial charge in [-0.15, -0.1) is 11.3 Å². The summed E-state index contributed by atoms with van der Waals surface area (Å²) < 4.78 is 0. The number of non-ortho nitro benzene ring substituents is 1. The summed E-state index contributed by atoms with van der Waals surface area (Å²) in [5, 5.41) is 16.5. The third-order valence-corrected chi connectivity index (χ3v) is 6.23. The molecule has 0 radical (unpaired) electrons. The van der Waals surface area contributed by atoms with Gasteiger partial charge in [0.15, 0.2) is 5.13 Å². The van der Waals surface area contributed by atoms with E-state index < -0.39 is 4.92 Å². The van der Waals surface area contributed by atoms with E-state index in [4.69, 9.17) is 11.6 Å². The number of hydrogen-bond acceptors (Lipinski definition) is 7. The number of nitrogens with one attached hydrogen (secondary N) is 1. The van der Waals surface area contributed by atoms with Crippen molar-refractivity contribution in [3.8, 4) is 11.3 Å². The number of anilines is 1. The number of carbonyl (C=O) groups excluding carboxylic acids is 2. The first-order valence-corrected chi connectivity index (χ1v) is 11.4. The summed E-state index contributed by atoms with van der Waals surface area (Å²) in [5.41, 5.74) is 1.75. The lowest BCUT2D eigenvalue weighted by atomic mass is 10.1. The molecule has 2 aromatic carbocycles. The lowest BCUT2D eigenvalue weighted by molar-refractivity contribution is -0.384. The molecule has 0 spiro atoms. The van der Waals surface area contributed by atoms with Crippen LogP contribution >= 0.6 is 22.9 Å². The molecule has 1 aromatic heterocycles. The van der Waals surface area contributed by atoms with Crippen LogP contribution in [-0.4, -0.2) is 64.2 Å². The molecule has 1 fully saturated rings. The molecule has 0 saturated carbocycles. The second kappa shape index (κ2) is 10.1. The van der Waals surface area contributed by atoms with Gasteiger partial charge < -0.3 is 10.2 Å². The zero-order chi connectivity index (χ0) is 23.4. The van der Waals surface area contributed by atoms with Gasteiger partial charge >= 0.3 is 0 Å². The molecule has 4 rings (SSSR count). The third-order valence-electron chi connectivity index (χ3n) is 5.22. The van der Waals surface area contributed by atoms with Gasteiger partial charge in [0.25, 0.3) is 11.6 Å². The number of thiazole rings is 1. The molecule has 1 aliphatic rings. The first-order chi connectivity index (χ1) is 15.9. The molecular formula is C22H20ClN5O4S. The average molecular weight is 486 g/mol. The van der Waals surface area contributed by atoms with Crippen molar-refractivity contribution in [2.45, 2.75) is 0 Å². The Bertz CT molecular complexity index is 1180. The molecule has 0 atom stereocenters. The number of nitro groups is 1. The quantitative estimate of drug-likeness (QED) is 0.420. The first-order valence-electron chi connectivity index (χ1n) is 10.2. The van der Waals surface area contributed by atoms with Crippen molar-refractivity contribution in [3.63, 3.8) is 0 Å². The van der Waals surface area contributed by atoms with Gasteiger partial charge in [0.05, 0.1) is 17.2 Å². The van der Waals surface area contributed by atoms with E-state index in [1.165, 1.54) is 23.5 Å². The van der Waals surface area contributed by atoms with Gasteiger partial charge in [-0.3, -0.25) is 24.6 Å². The molecule has 2 heterocycles. The molecule has 1 aliphatic heterocycles. The highest BCUT2D eigenvalue weighted by Crippen LogP contribution is 2.27. The minimum absolute atomic E-state index is 0.0141. The second-order valence-corrected chi connectivity index (χ2v) is 8.76. The van der Waals surface area contributed by atoms with E-state index in [-0.39, 0.29) is 24.0 Å². The van der Waals surface area contributed by atoms with E-state index in [9.17, 15) is 19.7 Å². The fraction of sp³-hybridized carbons (Fsp3) is 0.227. The molecule has 33 heavy (non-hydrogen) atoms. The molecule has 2 amide bonds. The maximum atomic E-state index is 12.6. The molecule has 0 bridgehead atoms. The number of aromatic nitrogens is 1. The Morgan fingerprint density at radius 1 is 1.12 bits per heavy atom. The van der Waals surface area contributed by atoms with Crippen molar-refractivity contribution in [1.82, 2.24) is 14.8 Å². The number of carbonyl (C=O) groups is 2. The van der Waals surface area contributed by atoms with E-state index >= 15 is 0 Å². The molecule has 1 N–H and O–H groups in total. The molecule has 3 aromatic rings. The number of nitrogens with zero attached hydrogens (tertiary/aromatic N) is 4. The minimum atomic E-state index is -0.457. The Kier molecular flexibility index (Phi) is 6.97. The smallest absolute Gasteiger partial charge is 0.270 e. The summed E-state index contributed by atoms with van der Waals surface area (Å²) in [6.07, 6.45) is 0. The standard InChI is InChI=1S/C22H20ClN5O4S/c23-17-6-4-15(5-7-17)21(30)27-10-8-26(9-11-27)13-20(29)25-22-24-19(14-33-22)16-2-1-3-18(12-16)28(31)32/h1-7,12,14H,8-11,13H2,(H,24,25,29). The largest absolute Gasteiger partial charge is 0.336 e. The Labute approximate surface area is 198 Å². The van der Waals surface area contributed by atoms with Crippen molar-refractivity contribution in [2.75, 3.05) is 38.0 Å². The van der Waals surface area contributed by atoms with Crippen LogP contribution in [0.5, 0.6) is 0 Å². The maximum absolute atomic E-state index is 12.6. The molecule has 170 valence electrons. The van der Waals surface area contributed by atoms with Crippen LogP contribution in [0.3, 0.4) is 0 Å². The Morgan fingerprint density at radius 3 is 2.55 bits per heavy atom. The summed E-state index contributed by atoms with van der Waals surface area (Å²) in [6, 6.07) is 13.0. The predicted octanol–water partition coefficient (Wildman–Crippen LogP) is 3.77. The number of rotatable bonds is 6. The molecule has 1 saturated heterocycles. The second-order valence-electron chi connectivity index (χ2n) is 7.47. The van der Waals surface area contributed by atoms with Crippen LogP contribution in [0.2, 0.25) is 5.02 Å². The number of halogens is 1. The summed E-state index contributed by atoms with van der Waals surface area (Å²) >= 11 is 7.14. The van der Waals surface area contributed by atoms with Crippen LogP contribution in [0.25, 0.3) is 11.3 Å². The molecule has 0 unspecified atom stereocenters. The monoisotopic (exact) mass is 485 g/mol. The Hall–Kier alpha value is -3.34. The van der Waals surface area contributed by atoms with Crippen LogP contribution in [0, 0.1) is 10.1 Å². The van der Waals surface area contributed by atoms with Gasteiger partial charge in [0.1, 0.15) is 0 Å². The minimum Gasteiger partial charge on any atom is -0.336 e. The van der Waals surface area contributed by atoms with Gasteiger partial charge in [0.2, 0.25) is 5.91 Å². The van der Waals surface area contributed by atoms with E-state index in [2.05, 4.69) is 10.3 Å². The highest BCUT2D eigenvalue weighted by molar-refractivity contribution is 7.14. The fourth-order valence-electron chi connectivity index (χ4n) is 3.49. The van der Waals surface area contributed by atoms with Crippen LogP contribution in [0.4, 0.5) is 10.8 Å². The molecule has 0 aliphatic carbocycles. The molecular weight excluding hydrogens is 466 g/mol. The van der Waals surface area contributed by atoms with Crippen molar-refractivity contribution < 1.29 is 14.5 Å². The van der Waals surface area contributed by atoms with Crippen molar-refractivity contribution in [2.24, 2.45) is 0 Å². The number of piperazine rings is 1. The van der Waals surface area contributed by atoms with Gasteiger partial charge in [-0.1, -0.05) is 23.7 Å². The fourth-order valence-corrected chi connectivity index (χ4v) is 4.35. The first kappa shape index (κ1) is 22.8. The molecule has 11 heteroatoms. The molecule has 9 nitrogen and oxygen atoms in total. The summed E-state index contributed by atoms with van der Waals surface area (Å²) in [5.74, 6) is -0.250. The zero-order valence-electron chi connectivity index (χ0n) is 17.4. The Morgan fingerprint density at radius 2 is 1.85 bits per heavy atom. The Balaban J connectivity index is 1.28. The van der Waals surface area contributed by atoms with Gasteiger partial charge in [-0.2, -0.15) is 0 Å². The third kappa shape index (κ3) is 5.72. The van der Waals surface area contributed by atoms with E-state index in [0.29, 0.717) is 53.2 Å². The summed E-state index contributed by atoms with van der Waals surface area (Å²) in [7, 11) is 0. The van der Waals surface area contributed by atoms with Crippen LogP contribution in [0.1, 0.15) is 10.4 Å². The topological polar surface area (TPSA) is 109 Å². The van der Waals surface area contributed by atoms with Crippen LogP contribution in [-0.2, 0) is 4.79 Å². The van der Waals surface area contributed by atoms with Gasteiger partial charge in [-0.05, 0) is 24.3 Å². The predicted molar refractivity (Wildman–Crippen MR) is 127 cm³/mol. The maximum Gasteiger partial charge on any atom is 0.270 e. The summed E-state index contributed by atoms with van der Waals surface area (Å²) in [6.45, 7) is 2.42. The number of hydrogen-bond donors (Lipinski definition) is 1. The van der Waals surface area contributed by atoms with Gasteiger partial charge in [-0.25, -0.2) is 4.98 Å². The normalized spacial score (nSPS) is 14.2. The summed E-state index contributed by atoms with van der Waals surface area (Å²) in [4.78, 5) is 43.7. The van der Waals surface area contributed by atoms with Crippen molar-refractivity contribution >= 4 is 45.6 Å². The lowest BCUT2D eigenvalue weighted by Gasteiger charge is -2.34. The van der Waals surface area contributed by atoms with Gasteiger partial charge in [0, 0.05) is 59.8 Å². The lowest BCUT2D eigenvalue weighted by Crippen LogP contribution is -2.50. The van der Waals surface area contributed by atoms with E-state index in [0.717, 1.165) is 0 Å². The SMILES string of the molecule is O=C(CN1CCN(C(=O)c2ccc(Cl)cc2)CC1)Nc1nc(-c2cccc([N+](=O)[O-])c2)cs1. The van der Waals surface area contributed by atoms with E-state index in [1.807, 2.05) is 4.90 Å². The zero-order valence-corrected chi connectivity index (χ0v) is 19.0. The number of nitro benzene ring substituents is 1. The van der Waals surface area contributed by atoms with Crippen molar-refractivity contribution in [1.29, 1.82) is 0 Å². The van der Waals surface area contributed by atoms with Crippen LogP contribution < -0.4 is 5.32 Å². The van der Waals surface area contributed by atoms with Crippen LogP contribution in [0.15, 0.2) is 53.9 Å².